The summed E-state index contributed by atoms with van der Waals surface area (Å²) in [5.74, 6) is -0.824. The molecule has 0 radical (unpaired) electrons. The van der Waals surface area contributed by atoms with Crippen molar-refractivity contribution in [1.29, 1.82) is 0 Å². The van der Waals surface area contributed by atoms with Gasteiger partial charge in [0.05, 0.1) is 5.69 Å². The van der Waals surface area contributed by atoms with Crippen molar-refractivity contribution < 1.29 is 8.78 Å². The molecule has 1 aromatic heterocycles. The first-order valence-corrected chi connectivity index (χ1v) is 7.21. The molecule has 1 N–H and O–H groups in total. The third-order valence-electron chi connectivity index (χ3n) is 3.17. The van der Waals surface area contributed by atoms with E-state index in [1.54, 1.807) is 6.07 Å². The van der Waals surface area contributed by atoms with Crippen LogP contribution in [0.2, 0.25) is 0 Å². The number of benzene rings is 1. The molecular weight excluding hydrogens is 266 g/mol. The van der Waals surface area contributed by atoms with Gasteiger partial charge in [-0.05, 0) is 43.5 Å². The first-order valence-electron chi connectivity index (χ1n) is 6.33. The van der Waals surface area contributed by atoms with Crippen LogP contribution in [0.25, 0.3) is 11.3 Å². The summed E-state index contributed by atoms with van der Waals surface area (Å²) >= 11 is 1.54. The van der Waals surface area contributed by atoms with Crippen LogP contribution in [-0.4, -0.2) is 11.5 Å². The SMILES string of the molecule is Fc1ccc(-c2csc(CNCC3CC3)n2)cc1F. The smallest absolute Gasteiger partial charge is 0.159 e. The van der Waals surface area contributed by atoms with Crippen molar-refractivity contribution in [2.45, 2.75) is 19.4 Å². The van der Waals surface area contributed by atoms with Gasteiger partial charge >= 0.3 is 0 Å². The zero-order chi connectivity index (χ0) is 13.2. The van der Waals surface area contributed by atoms with Crippen LogP contribution in [0.3, 0.4) is 0 Å². The zero-order valence-corrected chi connectivity index (χ0v) is 11.1. The predicted octanol–water partition coefficient (Wildman–Crippen LogP) is 3.59. The Morgan fingerprint density at radius 1 is 1.26 bits per heavy atom. The molecule has 100 valence electrons. The van der Waals surface area contributed by atoms with Gasteiger partial charge in [0.2, 0.25) is 0 Å². The Morgan fingerprint density at radius 3 is 2.84 bits per heavy atom. The molecule has 19 heavy (non-hydrogen) atoms. The standard InChI is InChI=1S/C14H14F2N2S/c15-11-4-3-10(5-12(11)16)13-8-19-14(18-13)7-17-6-9-1-2-9/h3-5,8-9,17H,1-2,6-7H2. The van der Waals surface area contributed by atoms with E-state index in [0.717, 1.165) is 30.1 Å². The molecule has 3 rings (SSSR count). The van der Waals surface area contributed by atoms with E-state index in [4.69, 9.17) is 0 Å². The Hall–Kier alpha value is -1.33. The minimum atomic E-state index is -0.834. The van der Waals surface area contributed by atoms with Crippen molar-refractivity contribution in [1.82, 2.24) is 10.3 Å². The van der Waals surface area contributed by atoms with E-state index in [9.17, 15) is 8.78 Å². The van der Waals surface area contributed by atoms with Gasteiger partial charge in [-0.1, -0.05) is 0 Å². The molecule has 0 bridgehead atoms. The zero-order valence-electron chi connectivity index (χ0n) is 10.3. The van der Waals surface area contributed by atoms with Gasteiger partial charge in [-0.25, -0.2) is 13.8 Å². The van der Waals surface area contributed by atoms with Gasteiger partial charge in [-0.2, -0.15) is 0 Å². The van der Waals surface area contributed by atoms with Crippen LogP contribution in [0.15, 0.2) is 23.6 Å². The number of nitrogens with one attached hydrogen (secondary N) is 1. The van der Waals surface area contributed by atoms with Crippen LogP contribution >= 0.6 is 11.3 Å². The van der Waals surface area contributed by atoms with Crippen molar-refractivity contribution in [2.75, 3.05) is 6.54 Å². The summed E-state index contributed by atoms with van der Waals surface area (Å²) in [5, 5.41) is 6.21. The van der Waals surface area contributed by atoms with Crippen LogP contribution in [-0.2, 0) is 6.54 Å². The largest absolute Gasteiger partial charge is 0.310 e. The van der Waals surface area contributed by atoms with Crippen LogP contribution in [0.5, 0.6) is 0 Å². The summed E-state index contributed by atoms with van der Waals surface area (Å²) in [5.41, 5.74) is 1.32. The minimum absolute atomic E-state index is 0.614. The fourth-order valence-electron chi connectivity index (χ4n) is 1.89. The number of halogens is 2. The molecule has 1 aromatic carbocycles. The third-order valence-corrected chi connectivity index (χ3v) is 4.02. The summed E-state index contributed by atoms with van der Waals surface area (Å²) in [6.45, 7) is 1.78. The first-order chi connectivity index (χ1) is 9.22. The second-order valence-electron chi connectivity index (χ2n) is 4.83. The van der Waals surface area contributed by atoms with Crippen LogP contribution in [0, 0.1) is 17.6 Å². The maximum Gasteiger partial charge on any atom is 0.159 e. The van der Waals surface area contributed by atoms with Gasteiger partial charge in [0, 0.05) is 17.5 Å². The average molecular weight is 280 g/mol. The lowest BCUT2D eigenvalue weighted by atomic mass is 10.2. The normalized spacial score (nSPS) is 14.8. The fraction of sp³-hybridized carbons (Fsp3) is 0.357. The Labute approximate surface area is 114 Å². The van der Waals surface area contributed by atoms with Gasteiger partial charge in [0.1, 0.15) is 5.01 Å². The number of hydrogen-bond donors (Lipinski definition) is 1. The molecule has 1 aliphatic carbocycles. The second-order valence-corrected chi connectivity index (χ2v) is 5.77. The van der Waals surface area contributed by atoms with Crippen LogP contribution < -0.4 is 5.32 Å². The highest BCUT2D eigenvalue weighted by Crippen LogP contribution is 2.28. The Morgan fingerprint density at radius 2 is 2.11 bits per heavy atom. The Bertz CT molecular complexity index is 579. The van der Waals surface area contributed by atoms with E-state index in [1.807, 2.05) is 5.38 Å². The van der Waals surface area contributed by atoms with E-state index in [1.165, 1.54) is 30.2 Å². The molecule has 1 heterocycles. The van der Waals surface area contributed by atoms with Crippen LogP contribution in [0.4, 0.5) is 8.78 Å². The highest BCUT2D eigenvalue weighted by atomic mass is 32.1. The highest BCUT2D eigenvalue weighted by Gasteiger charge is 2.20. The predicted molar refractivity (Wildman–Crippen MR) is 71.9 cm³/mol. The number of rotatable bonds is 5. The summed E-state index contributed by atoms with van der Waals surface area (Å²) < 4.78 is 26.0. The van der Waals surface area contributed by atoms with E-state index < -0.39 is 11.6 Å². The minimum Gasteiger partial charge on any atom is -0.310 e. The first kappa shape index (κ1) is 12.7. The summed E-state index contributed by atoms with van der Waals surface area (Å²) in [6.07, 6.45) is 2.65. The topological polar surface area (TPSA) is 24.9 Å². The van der Waals surface area contributed by atoms with E-state index in [0.29, 0.717) is 11.3 Å². The number of hydrogen-bond acceptors (Lipinski definition) is 3. The van der Waals surface area contributed by atoms with E-state index in [2.05, 4.69) is 10.3 Å². The van der Waals surface area contributed by atoms with Gasteiger partial charge in [0.15, 0.2) is 11.6 Å². The Kier molecular flexibility index (Phi) is 3.57. The average Bonchev–Trinajstić information content (AvgIpc) is 3.10. The molecule has 1 saturated carbocycles. The number of aromatic nitrogens is 1. The molecule has 1 fully saturated rings. The van der Waals surface area contributed by atoms with Crippen LogP contribution in [0.1, 0.15) is 17.8 Å². The lowest BCUT2D eigenvalue weighted by molar-refractivity contribution is 0.509. The fourth-order valence-corrected chi connectivity index (χ4v) is 2.66. The quantitative estimate of drug-likeness (QED) is 0.905. The van der Waals surface area contributed by atoms with E-state index in [-0.39, 0.29) is 0 Å². The molecule has 0 unspecified atom stereocenters. The van der Waals surface area contributed by atoms with Gasteiger partial charge in [-0.3, -0.25) is 0 Å². The highest BCUT2D eigenvalue weighted by molar-refractivity contribution is 7.09. The lowest BCUT2D eigenvalue weighted by Gasteiger charge is -2.00. The molecule has 1 aliphatic rings. The summed E-state index contributed by atoms with van der Waals surface area (Å²) in [6, 6.07) is 3.87. The maximum atomic E-state index is 13.2. The van der Waals surface area contributed by atoms with Gasteiger partial charge in [-0.15, -0.1) is 11.3 Å². The van der Waals surface area contributed by atoms with Crippen molar-refractivity contribution in [3.8, 4) is 11.3 Å². The molecule has 0 atom stereocenters. The molecule has 0 aliphatic heterocycles. The second kappa shape index (κ2) is 5.35. The third kappa shape index (κ3) is 3.16. The van der Waals surface area contributed by atoms with E-state index >= 15 is 0 Å². The molecule has 0 amide bonds. The van der Waals surface area contributed by atoms with Crippen molar-refractivity contribution in [3.63, 3.8) is 0 Å². The Balaban J connectivity index is 1.67. The van der Waals surface area contributed by atoms with Crippen molar-refractivity contribution in [3.05, 3.63) is 40.2 Å². The van der Waals surface area contributed by atoms with Gasteiger partial charge in [0.25, 0.3) is 0 Å². The molecular formula is C14H14F2N2S. The maximum absolute atomic E-state index is 13.2. The van der Waals surface area contributed by atoms with Crippen molar-refractivity contribution >= 4 is 11.3 Å². The molecule has 2 nitrogen and oxygen atoms in total. The number of nitrogens with zero attached hydrogens (tertiary/aromatic N) is 1. The number of thiazole rings is 1. The molecule has 5 heteroatoms. The summed E-state index contributed by atoms with van der Waals surface area (Å²) in [4.78, 5) is 4.44. The van der Waals surface area contributed by atoms with Gasteiger partial charge < -0.3 is 5.32 Å². The molecule has 0 saturated heterocycles. The monoisotopic (exact) mass is 280 g/mol. The van der Waals surface area contributed by atoms with Crippen molar-refractivity contribution in [2.24, 2.45) is 5.92 Å². The molecule has 0 spiro atoms. The summed E-state index contributed by atoms with van der Waals surface area (Å²) in [7, 11) is 0. The lowest BCUT2D eigenvalue weighted by Crippen LogP contribution is -2.15. The molecule has 2 aromatic rings.